The maximum atomic E-state index is 11.9. The number of anilines is 1. The summed E-state index contributed by atoms with van der Waals surface area (Å²) in [6, 6.07) is 7.77. The fourth-order valence-corrected chi connectivity index (χ4v) is 1.81. The molecule has 0 aliphatic carbocycles. The monoisotopic (exact) mass is 331 g/mol. The molecule has 24 heavy (non-hydrogen) atoms. The van der Waals surface area contributed by atoms with Gasteiger partial charge < -0.3 is 15.0 Å². The molecule has 7 heteroatoms. The topological polar surface area (TPSA) is 99.5 Å². The van der Waals surface area contributed by atoms with Gasteiger partial charge in [0.05, 0.1) is 11.6 Å². The van der Waals surface area contributed by atoms with Gasteiger partial charge >= 0.3 is 5.97 Å². The lowest BCUT2D eigenvalue weighted by Gasteiger charge is -2.16. The number of esters is 1. The highest BCUT2D eigenvalue weighted by Gasteiger charge is 2.13. The summed E-state index contributed by atoms with van der Waals surface area (Å²) in [6.07, 6.45) is 1.64. The number of hydrogen-bond donors (Lipinski definition) is 1. The normalized spacial score (nSPS) is 9.71. The van der Waals surface area contributed by atoms with Crippen molar-refractivity contribution in [2.75, 3.05) is 25.5 Å². The zero-order valence-electron chi connectivity index (χ0n) is 13.9. The van der Waals surface area contributed by atoms with Gasteiger partial charge in [0.25, 0.3) is 5.91 Å². The second kappa shape index (κ2) is 10.0. The first kappa shape index (κ1) is 19.2. The zero-order valence-corrected chi connectivity index (χ0v) is 13.9. The van der Waals surface area contributed by atoms with Gasteiger partial charge in [-0.1, -0.05) is 13.3 Å². The number of hydrogen-bond acceptors (Lipinski definition) is 5. The van der Waals surface area contributed by atoms with Crippen molar-refractivity contribution in [3.63, 3.8) is 0 Å². The molecule has 0 atom stereocenters. The van der Waals surface area contributed by atoms with E-state index < -0.39 is 11.9 Å². The molecule has 1 aromatic carbocycles. The first-order chi connectivity index (χ1) is 11.5. The molecule has 1 N–H and O–H groups in total. The Morgan fingerprint density at radius 3 is 2.50 bits per heavy atom. The second-order valence-corrected chi connectivity index (χ2v) is 5.21. The van der Waals surface area contributed by atoms with Crippen molar-refractivity contribution < 1.29 is 19.1 Å². The van der Waals surface area contributed by atoms with Crippen LogP contribution < -0.4 is 5.32 Å². The maximum absolute atomic E-state index is 11.9. The first-order valence-corrected chi connectivity index (χ1v) is 7.65. The third kappa shape index (κ3) is 6.48. The van der Waals surface area contributed by atoms with Gasteiger partial charge in [-0.15, -0.1) is 0 Å². The molecule has 1 rings (SSSR count). The van der Waals surface area contributed by atoms with Gasteiger partial charge in [0.2, 0.25) is 5.91 Å². The van der Waals surface area contributed by atoms with Crippen LogP contribution in [0.15, 0.2) is 24.3 Å². The van der Waals surface area contributed by atoms with E-state index in [2.05, 4.69) is 5.32 Å². The number of benzene rings is 1. The quantitative estimate of drug-likeness (QED) is 0.734. The van der Waals surface area contributed by atoms with E-state index in [4.69, 9.17) is 10.00 Å². The van der Waals surface area contributed by atoms with E-state index in [0.717, 1.165) is 12.8 Å². The number of likely N-dealkylation sites (N-methyl/N-ethyl adjacent to an activating group) is 1. The molecule has 2 amide bonds. The number of carbonyl (C=O) groups excluding carboxylic acids is 3. The van der Waals surface area contributed by atoms with Crippen LogP contribution in [-0.4, -0.2) is 42.9 Å². The van der Waals surface area contributed by atoms with Crippen molar-refractivity contribution in [3.8, 4) is 6.07 Å². The van der Waals surface area contributed by atoms with Gasteiger partial charge in [0.15, 0.2) is 6.61 Å². The lowest BCUT2D eigenvalue weighted by Crippen LogP contribution is -2.32. The molecule has 7 nitrogen and oxygen atoms in total. The smallest absolute Gasteiger partial charge is 0.338 e. The second-order valence-electron chi connectivity index (χ2n) is 5.21. The minimum Gasteiger partial charge on any atom is -0.452 e. The van der Waals surface area contributed by atoms with Crippen molar-refractivity contribution in [1.82, 2.24) is 4.90 Å². The number of rotatable bonds is 8. The molecule has 0 aliphatic heterocycles. The number of amides is 2. The highest BCUT2D eigenvalue weighted by atomic mass is 16.5. The predicted octanol–water partition coefficient (Wildman–Crippen LogP) is 1.95. The molecule has 0 radical (unpaired) electrons. The molecule has 0 fully saturated rings. The van der Waals surface area contributed by atoms with Gasteiger partial charge in [0.1, 0.15) is 6.42 Å². The van der Waals surface area contributed by atoms with Gasteiger partial charge in [0, 0.05) is 19.3 Å². The summed E-state index contributed by atoms with van der Waals surface area (Å²) in [5.74, 6) is -1.28. The van der Waals surface area contributed by atoms with E-state index >= 15 is 0 Å². The molecule has 0 aliphatic rings. The first-order valence-electron chi connectivity index (χ1n) is 7.65. The largest absolute Gasteiger partial charge is 0.452 e. The molecule has 0 unspecified atom stereocenters. The summed E-state index contributed by atoms with van der Waals surface area (Å²) in [5.41, 5.74) is 0.750. The van der Waals surface area contributed by atoms with Crippen LogP contribution >= 0.6 is 0 Å². The molecular weight excluding hydrogens is 310 g/mol. The molecule has 128 valence electrons. The number of ether oxygens (including phenoxy) is 1. The van der Waals surface area contributed by atoms with Gasteiger partial charge in [-0.05, 0) is 30.7 Å². The summed E-state index contributed by atoms with van der Waals surface area (Å²) < 4.78 is 4.99. The number of carbonyl (C=O) groups is 3. The minimum atomic E-state index is -0.609. The van der Waals surface area contributed by atoms with Crippen LogP contribution in [0.25, 0.3) is 0 Å². The highest BCUT2D eigenvalue weighted by molar-refractivity contribution is 5.94. The third-order valence-corrected chi connectivity index (χ3v) is 3.24. The average Bonchev–Trinajstić information content (AvgIpc) is 2.58. The summed E-state index contributed by atoms with van der Waals surface area (Å²) in [7, 11) is 1.67. The Kier molecular flexibility index (Phi) is 7.99. The van der Waals surface area contributed by atoms with E-state index in [1.165, 1.54) is 29.2 Å². The van der Waals surface area contributed by atoms with Crippen molar-refractivity contribution in [3.05, 3.63) is 29.8 Å². The minimum absolute atomic E-state index is 0.239. The lowest BCUT2D eigenvalue weighted by molar-refractivity contribution is -0.133. The van der Waals surface area contributed by atoms with Crippen molar-refractivity contribution in [2.24, 2.45) is 0 Å². The number of nitrogens with one attached hydrogen (secondary N) is 1. The van der Waals surface area contributed by atoms with E-state index in [0.29, 0.717) is 12.2 Å². The summed E-state index contributed by atoms with van der Waals surface area (Å²) >= 11 is 0. The van der Waals surface area contributed by atoms with Crippen LogP contribution in [0, 0.1) is 11.3 Å². The Balaban J connectivity index is 2.49. The van der Waals surface area contributed by atoms with Crippen LogP contribution in [0.5, 0.6) is 0 Å². The SMILES string of the molecule is CCCCN(C)C(=O)COC(=O)c1ccc(NC(=O)CC#N)cc1. The Hall–Kier alpha value is -2.88. The van der Waals surface area contributed by atoms with Crippen LogP contribution in [0.1, 0.15) is 36.5 Å². The fourth-order valence-electron chi connectivity index (χ4n) is 1.81. The van der Waals surface area contributed by atoms with Crippen LogP contribution in [-0.2, 0) is 14.3 Å². The molecule has 0 aromatic heterocycles. The maximum Gasteiger partial charge on any atom is 0.338 e. The summed E-state index contributed by atoms with van der Waals surface area (Å²) in [6.45, 7) is 2.36. The Morgan fingerprint density at radius 2 is 1.92 bits per heavy atom. The molecule has 0 spiro atoms. The number of nitrogens with zero attached hydrogens (tertiary/aromatic N) is 2. The Bertz CT molecular complexity index is 620. The molecule has 0 heterocycles. The van der Waals surface area contributed by atoms with E-state index in [-0.39, 0.29) is 24.5 Å². The van der Waals surface area contributed by atoms with Crippen molar-refractivity contribution in [1.29, 1.82) is 5.26 Å². The Labute approximate surface area is 141 Å². The highest BCUT2D eigenvalue weighted by Crippen LogP contribution is 2.11. The average molecular weight is 331 g/mol. The summed E-state index contributed by atoms with van der Waals surface area (Å²) in [5, 5.41) is 10.9. The molecule has 0 bridgehead atoms. The zero-order chi connectivity index (χ0) is 17.9. The third-order valence-electron chi connectivity index (χ3n) is 3.24. The van der Waals surface area contributed by atoms with Crippen LogP contribution in [0.3, 0.4) is 0 Å². The van der Waals surface area contributed by atoms with Crippen LogP contribution in [0.4, 0.5) is 5.69 Å². The lowest BCUT2D eigenvalue weighted by atomic mass is 10.2. The number of nitriles is 1. The predicted molar refractivity (Wildman–Crippen MR) is 88.1 cm³/mol. The van der Waals surface area contributed by atoms with Crippen LogP contribution in [0.2, 0.25) is 0 Å². The van der Waals surface area contributed by atoms with Crippen molar-refractivity contribution >= 4 is 23.5 Å². The number of unbranched alkanes of at least 4 members (excludes halogenated alkanes) is 1. The summed E-state index contributed by atoms with van der Waals surface area (Å²) in [4.78, 5) is 36.5. The van der Waals surface area contributed by atoms with E-state index in [9.17, 15) is 14.4 Å². The molecular formula is C17H21N3O4. The van der Waals surface area contributed by atoms with Gasteiger partial charge in [-0.3, -0.25) is 9.59 Å². The van der Waals surface area contributed by atoms with E-state index in [1.54, 1.807) is 13.1 Å². The van der Waals surface area contributed by atoms with Crippen molar-refractivity contribution in [2.45, 2.75) is 26.2 Å². The van der Waals surface area contributed by atoms with Gasteiger partial charge in [-0.25, -0.2) is 4.79 Å². The standard InChI is InChI=1S/C17H21N3O4/c1-3-4-11-20(2)16(22)12-24-17(23)13-5-7-14(8-6-13)19-15(21)9-10-18/h5-8H,3-4,9,11-12H2,1-2H3,(H,19,21). The molecule has 0 saturated heterocycles. The fraction of sp³-hybridized carbons (Fsp3) is 0.412. The molecule has 0 saturated carbocycles. The van der Waals surface area contributed by atoms with Gasteiger partial charge in [-0.2, -0.15) is 5.26 Å². The Morgan fingerprint density at radius 1 is 1.25 bits per heavy atom. The van der Waals surface area contributed by atoms with E-state index in [1.807, 2.05) is 6.92 Å². The molecule has 1 aromatic rings.